The van der Waals surface area contributed by atoms with Crippen LogP contribution in [0.5, 0.6) is 0 Å². The molecule has 2 aromatic rings. The Morgan fingerprint density at radius 1 is 0.905 bits per heavy atom. The second-order valence-corrected chi connectivity index (χ2v) is 6.91. The van der Waals surface area contributed by atoms with Crippen molar-refractivity contribution in [3.05, 3.63) is 70.8 Å². The first-order valence-electron chi connectivity index (χ1n) is 7.70. The minimum absolute atomic E-state index is 0.158. The molecule has 0 saturated heterocycles. The lowest BCUT2D eigenvalue weighted by molar-refractivity contribution is 0.168. The molecular weight excluding hydrogens is 256 g/mol. The van der Waals surface area contributed by atoms with Gasteiger partial charge in [-0.25, -0.2) is 0 Å². The summed E-state index contributed by atoms with van der Waals surface area (Å²) in [5.74, 6) is 0. The van der Waals surface area contributed by atoms with Gasteiger partial charge in [0.15, 0.2) is 0 Å². The summed E-state index contributed by atoms with van der Waals surface area (Å²) in [7, 11) is 0. The highest BCUT2D eigenvalue weighted by Crippen LogP contribution is 2.25. The first-order chi connectivity index (χ1) is 9.86. The highest BCUT2D eigenvalue weighted by Gasteiger charge is 2.14. The van der Waals surface area contributed by atoms with Crippen molar-refractivity contribution in [2.45, 2.75) is 52.1 Å². The minimum Gasteiger partial charge on any atom is -0.388 e. The molecule has 2 rings (SSSR count). The van der Waals surface area contributed by atoms with Crippen LogP contribution in [-0.4, -0.2) is 5.11 Å². The molecule has 1 N–H and O–H groups in total. The van der Waals surface area contributed by atoms with E-state index < -0.39 is 0 Å². The van der Waals surface area contributed by atoms with Crippen LogP contribution >= 0.6 is 0 Å². The molecule has 1 atom stereocenters. The van der Waals surface area contributed by atoms with Crippen LogP contribution in [0, 0.1) is 6.92 Å². The second kappa shape index (κ2) is 6.44. The van der Waals surface area contributed by atoms with Crippen LogP contribution in [0.4, 0.5) is 0 Å². The van der Waals surface area contributed by atoms with E-state index in [4.69, 9.17) is 0 Å². The van der Waals surface area contributed by atoms with Gasteiger partial charge in [-0.05, 0) is 41.9 Å². The molecule has 2 aromatic carbocycles. The van der Waals surface area contributed by atoms with Crippen LogP contribution in [0.15, 0.2) is 48.5 Å². The Hall–Kier alpha value is -1.60. The van der Waals surface area contributed by atoms with Crippen LogP contribution in [0.3, 0.4) is 0 Å². The normalized spacial score (nSPS) is 13.2. The van der Waals surface area contributed by atoms with Crippen molar-refractivity contribution in [2.75, 3.05) is 0 Å². The number of hydrogen-bond acceptors (Lipinski definition) is 1. The van der Waals surface area contributed by atoms with Crippen molar-refractivity contribution < 1.29 is 5.11 Å². The van der Waals surface area contributed by atoms with Crippen molar-refractivity contribution in [3.8, 4) is 0 Å². The quantitative estimate of drug-likeness (QED) is 0.840. The lowest BCUT2D eigenvalue weighted by atomic mass is 9.86. The Kier molecular flexibility index (Phi) is 4.84. The van der Waals surface area contributed by atoms with E-state index >= 15 is 0 Å². The molecule has 0 aliphatic carbocycles. The lowest BCUT2D eigenvalue weighted by Gasteiger charge is -2.20. The Balaban J connectivity index is 1.97. The third-order valence-corrected chi connectivity index (χ3v) is 3.99. The standard InChI is InChI=1S/C20H26O/c1-15-5-7-16(8-6-15)9-14-19(21)17-10-12-18(13-11-17)20(2,3)4/h5-8,10-13,19,21H,9,14H2,1-4H3. The summed E-state index contributed by atoms with van der Waals surface area (Å²) >= 11 is 0. The van der Waals surface area contributed by atoms with Gasteiger partial charge in [-0.2, -0.15) is 0 Å². The fourth-order valence-corrected chi connectivity index (χ4v) is 2.43. The highest BCUT2D eigenvalue weighted by molar-refractivity contribution is 5.29. The summed E-state index contributed by atoms with van der Waals surface area (Å²) in [6.07, 6.45) is 1.28. The lowest BCUT2D eigenvalue weighted by Crippen LogP contribution is -2.11. The van der Waals surface area contributed by atoms with Crippen molar-refractivity contribution in [1.82, 2.24) is 0 Å². The van der Waals surface area contributed by atoms with Gasteiger partial charge in [-0.15, -0.1) is 0 Å². The van der Waals surface area contributed by atoms with E-state index in [-0.39, 0.29) is 11.5 Å². The van der Waals surface area contributed by atoms with Crippen LogP contribution in [0.25, 0.3) is 0 Å². The van der Waals surface area contributed by atoms with Gasteiger partial charge >= 0.3 is 0 Å². The molecule has 1 nitrogen and oxygen atoms in total. The first kappa shape index (κ1) is 15.8. The number of aliphatic hydroxyl groups excluding tert-OH is 1. The summed E-state index contributed by atoms with van der Waals surface area (Å²) in [6, 6.07) is 16.9. The van der Waals surface area contributed by atoms with E-state index in [1.54, 1.807) is 0 Å². The van der Waals surface area contributed by atoms with E-state index in [1.165, 1.54) is 16.7 Å². The highest BCUT2D eigenvalue weighted by atomic mass is 16.3. The minimum atomic E-state index is -0.389. The van der Waals surface area contributed by atoms with Gasteiger partial charge in [-0.3, -0.25) is 0 Å². The maximum Gasteiger partial charge on any atom is 0.0793 e. The second-order valence-electron chi connectivity index (χ2n) is 6.91. The topological polar surface area (TPSA) is 20.2 Å². The van der Waals surface area contributed by atoms with E-state index in [2.05, 4.69) is 76.2 Å². The predicted octanol–water partition coefficient (Wildman–Crippen LogP) is 4.96. The summed E-state index contributed by atoms with van der Waals surface area (Å²) in [5.41, 5.74) is 5.03. The van der Waals surface area contributed by atoms with Gasteiger partial charge in [0, 0.05) is 0 Å². The van der Waals surface area contributed by atoms with Crippen LogP contribution in [0.2, 0.25) is 0 Å². The molecule has 0 aromatic heterocycles. The average Bonchev–Trinajstić information content (AvgIpc) is 2.45. The molecule has 0 spiro atoms. The SMILES string of the molecule is Cc1ccc(CCC(O)c2ccc(C(C)(C)C)cc2)cc1. The van der Waals surface area contributed by atoms with E-state index in [0.717, 1.165) is 18.4 Å². The summed E-state index contributed by atoms with van der Waals surface area (Å²) in [4.78, 5) is 0. The number of rotatable bonds is 4. The Morgan fingerprint density at radius 3 is 2.00 bits per heavy atom. The Bertz CT molecular complexity index is 558. The maximum atomic E-state index is 10.3. The fraction of sp³-hybridized carbons (Fsp3) is 0.400. The molecule has 0 fully saturated rings. The zero-order valence-corrected chi connectivity index (χ0v) is 13.6. The number of benzene rings is 2. The molecule has 112 valence electrons. The monoisotopic (exact) mass is 282 g/mol. The number of hydrogen-bond donors (Lipinski definition) is 1. The molecule has 0 bridgehead atoms. The third kappa shape index (κ3) is 4.44. The molecule has 1 unspecified atom stereocenters. The molecule has 0 amide bonds. The molecule has 0 aliphatic heterocycles. The first-order valence-corrected chi connectivity index (χ1v) is 7.70. The van der Waals surface area contributed by atoms with Crippen LogP contribution < -0.4 is 0 Å². The van der Waals surface area contributed by atoms with Crippen molar-refractivity contribution in [2.24, 2.45) is 0 Å². The van der Waals surface area contributed by atoms with Gasteiger partial charge in [-0.1, -0.05) is 74.9 Å². The maximum absolute atomic E-state index is 10.3. The summed E-state index contributed by atoms with van der Waals surface area (Å²) < 4.78 is 0. The fourth-order valence-electron chi connectivity index (χ4n) is 2.43. The van der Waals surface area contributed by atoms with Crippen LogP contribution in [-0.2, 0) is 11.8 Å². The van der Waals surface area contributed by atoms with E-state index in [9.17, 15) is 5.11 Å². The molecule has 0 heterocycles. The van der Waals surface area contributed by atoms with Crippen molar-refractivity contribution in [3.63, 3.8) is 0 Å². The Morgan fingerprint density at radius 2 is 1.48 bits per heavy atom. The third-order valence-electron chi connectivity index (χ3n) is 3.99. The van der Waals surface area contributed by atoms with Gasteiger partial charge in [0.05, 0.1) is 6.10 Å². The number of aryl methyl sites for hydroxylation is 2. The number of aliphatic hydroxyl groups is 1. The smallest absolute Gasteiger partial charge is 0.0793 e. The van der Waals surface area contributed by atoms with Crippen molar-refractivity contribution in [1.29, 1.82) is 0 Å². The molecular formula is C20H26O. The largest absolute Gasteiger partial charge is 0.388 e. The van der Waals surface area contributed by atoms with Gasteiger partial charge in [0.25, 0.3) is 0 Å². The van der Waals surface area contributed by atoms with Crippen LogP contribution in [0.1, 0.15) is 55.5 Å². The predicted molar refractivity (Wildman–Crippen MR) is 89.6 cm³/mol. The molecule has 0 radical (unpaired) electrons. The molecule has 1 heteroatoms. The summed E-state index contributed by atoms with van der Waals surface area (Å²) in [5, 5.41) is 10.3. The molecule has 21 heavy (non-hydrogen) atoms. The van der Waals surface area contributed by atoms with E-state index in [0.29, 0.717) is 0 Å². The Labute approximate surface area is 128 Å². The van der Waals surface area contributed by atoms with Gasteiger partial charge in [0.2, 0.25) is 0 Å². The zero-order valence-electron chi connectivity index (χ0n) is 13.6. The average molecular weight is 282 g/mol. The van der Waals surface area contributed by atoms with Gasteiger partial charge in [0.1, 0.15) is 0 Å². The van der Waals surface area contributed by atoms with Crippen molar-refractivity contribution >= 4 is 0 Å². The van der Waals surface area contributed by atoms with E-state index in [1.807, 2.05) is 0 Å². The molecule has 0 aliphatic rings. The summed E-state index contributed by atoms with van der Waals surface area (Å²) in [6.45, 7) is 8.71. The molecule has 0 saturated carbocycles. The zero-order chi connectivity index (χ0) is 15.5. The van der Waals surface area contributed by atoms with Gasteiger partial charge < -0.3 is 5.11 Å².